The zero-order valence-electron chi connectivity index (χ0n) is 12.5. The number of ether oxygens (including phenoxy) is 1. The summed E-state index contributed by atoms with van der Waals surface area (Å²) < 4.78 is 31.4. The van der Waals surface area contributed by atoms with Crippen molar-refractivity contribution in [3.8, 4) is 0 Å². The van der Waals surface area contributed by atoms with Crippen molar-refractivity contribution in [2.45, 2.75) is 32.3 Å². The Kier molecular flexibility index (Phi) is 5.68. The molecule has 1 atom stereocenters. The van der Waals surface area contributed by atoms with Gasteiger partial charge in [0, 0.05) is 25.1 Å². The number of nitrogens with zero attached hydrogens (tertiary/aromatic N) is 1. The second-order valence-corrected chi connectivity index (χ2v) is 7.07. The number of carbonyl (C=O) groups is 1. The zero-order valence-corrected chi connectivity index (χ0v) is 13.3. The highest BCUT2D eigenvalue weighted by atomic mass is 32.2. The highest BCUT2D eigenvalue weighted by molar-refractivity contribution is 7.90. The molecule has 1 aliphatic rings. The van der Waals surface area contributed by atoms with Gasteiger partial charge in [0.05, 0.1) is 11.9 Å². The molecule has 2 rings (SSSR count). The molecule has 1 saturated heterocycles. The van der Waals surface area contributed by atoms with Gasteiger partial charge >= 0.3 is 0 Å². The van der Waals surface area contributed by atoms with Crippen molar-refractivity contribution in [3.63, 3.8) is 0 Å². The summed E-state index contributed by atoms with van der Waals surface area (Å²) in [5, 5.41) is 0. The molecule has 6 nitrogen and oxygen atoms in total. The lowest BCUT2D eigenvalue weighted by Gasteiger charge is -2.22. The van der Waals surface area contributed by atoms with Crippen LogP contribution in [0.25, 0.3) is 5.57 Å². The molecule has 1 fully saturated rings. The maximum atomic E-state index is 12.0. The van der Waals surface area contributed by atoms with E-state index in [-0.39, 0.29) is 11.9 Å². The van der Waals surface area contributed by atoms with Gasteiger partial charge in [-0.2, -0.15) is 0 Å². The largest absolute Gasteiger partial charge is 0.377 e. The average Bonchev–Trinajstić information content (AvgIpc) is 2.47. The Morgan fingerprint density at radius 3 is 2.77 bits per heavy atom. The van der Waals surface area contributed by atoms with E-state index in [0.717, 1.165) is 18.4 Å². The molecule has 1 aliphatic heterocycles. The van der Waals surface area contributed by atoms with Crippen LogP contribution < -0.4 is 4.72 Å². The van der Waals surface area contributed by atoms with E-state index in [2.05, 4.69) is 9.71 Å². The van der Waals surface area contributed by atoms with E-state index in [1.54, 1.807) is 31.5 Å². The summed E-state index contributed by atoms with van der Waals surface area (Å²) >= 11 is 0. The number of hydrogen-bond acceptors (Lipinski definition) is 5. The van der Waals surface area contributed by atoms with E-state index < -0.39 is 15.9 Å². The van der Waals surface area contributed by atoms with Gasteiger partial charge in [0.1, 0.15) is 0 Å². The van der Waals surface area contributed by atoms with Crippen LogP contribution in [0.5, 0.6) is 0 Å². The van der Waals surface area contributed by atoms with Gasteiger partial charge in [-0.05, 0) is 49.5 Å². The van der Waals surface area contributed by atoms with E-state index in [1.165, 1.54) is 6.08 Å². The quantitative estimate of drug-likeness (QED) is 0.830. The highest BCUT2D eigenvalue weighted by Gasteiger charge is 2.23. The summed E-state index contributed by atoms with van der Waals surface area (Å²) in [4.78, 5) is 15.8. The standard InChI is InChI=1S/C15H20N2O4S/c1-12(13-5-7-16-8-6-13)10-15(18)17-22(19,20)11-14-4-2-3-9-21-14/h5-8,10,14H,2-4,9,11H2,1H3,(H,17,18)/b12-10-. The molecule has 1 aromatic rings. The molecule has 1 aromatic heterocycles. The first-order valence-electron chi connectivity index (χ1n) is 7.21. The first-order valence-corrected chi connectivity index (χ1v) is 8.86. The van der Waals surface area contributed by atoms with Gasteiger partial charge in [-0.1, -0.05) is 0 Å². The predicted octanol–water partition coefficient (Wildman–Crippen LogP) is 1.50. The van der Waals surface area contributed by atoms with Crippen LogP contribution in [0.15, 0.2) is 30.6 Å². The molecule has 0 radical (unpaired) electrons. The second kappa shape index (κ2) is 7.51. The molecule has 7 heteroatoms. The minimum atomic E-state index is -3.69. The summed E-state index contributed by atoms with van der Waals surface area (Å²) in [5.41, 5.74) is 1.49. The third-order valence-corrected chi connectivity index (χ3v) is 4.74. The Balaban J connectivity index is 1.95. The van der Waals surface area contributed by atoms with Gasteiger partial charge in [-0.15, -0.1) is 0 Å². The van der Waals surface area contributed by atoms with Crippen LogP contribution in [0.3, 0.4) is 0 Å². The average molecular weight is 324 g/mol. The number of nitrogens with one attached hydrogen (secondary N) is 1. The Morgan fingerprint density at radius 2 is 2.14 bits per heavy atom. The molecule has 0 aliphatic carbocycles. The fourth-order valence-electron chi connectivity index (χ4n) is 2.30. The lowest BCUT2D eigenvalue weighted by atomic mass is 10.1. The lowest BCUT2D eigenvalue weighted by Crippen LogP contribution is -2.37. The van der Waals surface area contributed by atoms with E-state index in [4.69, 9.17) is 4.74 Å². The maximum absolute atomic E-state index is 12.0. The Bertz CT molecular complexity index is 635. The Hall–Kier alpha value is -1.73. The normalized spacial score (nSPS) is 19.7. The van der Waals surface area contributed by atoms with Crippen molar-refractivity contribution in [3.05, 3.63) is 36.2 Å². The molecular weight excluding hydrogens is 304 g/mol. The smallest absolute Gasteiger partial charge is 0.257 e. The predicted molar refractivity (Wildman–Crippen MR) is 83.4 cm³/mol. The number of pyridine rings is 1. The maximum Gasteiger partial charge on any atom is 0.257 e. The number of hydrogen-bond donors (Lipinski definition) is 1. The minimum Gasteiger partial charge on any atom is -0.377 e. The van der Waals surface area contributed by atoms with Crippen molar-refractivity contribution in [1.82, 2.24) is 9.71 Å². The van der Waals surface area contributed by atoms with Crippen molar-refractivity contribution >= 4 is 21.5 Å². The molecular formula is C15H20N2O4S. The van der Waals surface area contributed by atoms with Crippen LogP contribution in [0, 0.1) is 0 Å². The zero-order chi connectivity index (χ0) is 16.0. The minimum absolute atomic E-state index is 0.180. The summed E-state index contributed by atoms with van der Waals surface area (Å²) in [6, 6.07) is 3.51. The number of allylic oxidation sites excluding steroid dienone is 1. The number of amides is 1. The lowest BCUT2D eigenvalue weighted by molar-refractivity contribution is -0.114. The van der Waals surface area contributed by atoms with Crippen molar-refractivity contribution in [2.24, 2.45) is 0 Å². The Labute approximate surface area is 130 Å². The van der Waals surface area contributed by atoms with Gasteiger partial charge in [-0.3, -0.25) is 9.78 Å². The van der Waals surface area contributed by atoms with Crippen LogP contribution >= 0.6 is 0 Å². The molecule has 1 amide bonds. The molecule has 0 spiro atoms. The first-order chi connectivity index (χ1) is 10.5. The van der Waals surface area contributed by atoms with Gasteiger partial charge in [0.15, 0.2) is 0 Å². The molecule has 1 N–H and O–H groups in total. The summed E-state index contributed by atoms with van der Waals surface area (Å²) in [5.74, 6) is -0.828. The monoisotopic (exact) mass is 324 g/mol. The van der Waals surface area contributed by atoms with Gasteiger partial charge in [0.25, 0.3) is 5.91 Å². The second-order valence-electron chi connectivity index (χ2n) is 5.30. The van der Waals surface area contributed by atoms with E-state index in [0.29, 0.717) is 18.6 Å². The summed E-state index contributed by atoms with van der Waals surface area (Å²) in [7, 11) is -3.69. The molecule has 22 heavy (non-hydrogen) atoms. The van der Waals surface area contributed by atoms with Crippen LogP contribution in [0.4, 0.5) is 0 Å². The number of sulfonamides is 1. The van der Waals surface area contributed by atoms with E-state index in [9.17, 15) is 13.2 Å². The highest BCUT2D eigenvalue weighted by Crippen LogP contribution is 2.14. The number of rotatable bonds is 5. The third kappa shape index (κ3) is 5.23. The fraction of sp³-hybridized carbons (Fsp3) is 0.467. The topological polar surface area (TPSA) is 85.4 Å². The van der Waals surface area contributed by atoms with Crippen LogP contribution in [0.1, 0.15) is 31.7 Å². The van der Waals surface area contributed by atoms with Crippen molar-refractivity contribution in [1.29, 1.82) is 0 Å². The molecule has 120 valence electrons. The molecule has 2 heterocycles. The van der Waals surface area contributed by atoms with Gasteiger partial charge < -0.3 is 4.74 Å². The van der Waals surface area contributed by atoms with Crippen molar-refractivity contribution < 1.29 is 17.9 Å². The van der Waals surface area contributed by atoms with Crippen LogP contribution in [-0.4, -0.2) is 37.8 Å². The van der Waals surface area contributed by atoms with Gasteiger partial charge in [-0.25, -0.2) is 13.1 Å². The molecule has 0 bridgehead atoms. The first kappa shape index (κ1) is 16.6. The Morgan fingerprint density at radius 1 is 1.41 bits per heavy atom. The van der Waals surface area contributed by atoms with E-state index >= 15 is 0 Å². The van der Waals surface area contributed by atoms with E-state index in [1.807, 2.05) is 0 Å². The molecule has 0 saturated carbocycles. The molecule has 0 aromatic carbocycles. The van der Waals surface area contributed by atoms with Crippen LogP contribution in [-0.2, 0) is 19.6 Å². The number of aromatic nitrogens is 1. The van der Waals surface area contributed by atoms with Crippen molar-refractivity contribution in [2.75, 3.05) is 12.4 Å². The summed E-state index contributed by atoms with van der Waals surface area (Å²) in [6.07, 6.45) is 6.79. The third-order valence-electron chi connectivity index (χ3n) is 3.42. The number of carbonyl (C=O) groups excluding carboxylic acids is 1. The summed E-state index contributed by atoms with van der Waals surface area (Å²) in [6.45, 7) is 2.32. The van der Waals surface area contributed by atoms with Gasteiger partial charge in [0.2, 0.25) is 10.0 Å². The fourth-order valence-corrected chi connectivity index (χ4v) is 3.50. The van der Waals surface area contributed by atoms with Crippen LogP contribution in [0.2, 0.25) is 0 Å². The molecule has 1 unspecified atom stereocenters. The SMILES string of the molecule is C/C(=C/C(=O)NS(=O)(=O)CC1CCCCO1)c1ccncc1.